The van der Waals surface area contributed by atoms with E-state index in [0.29, 0.717) is 43.1 Å². The van der Waals surface area contributed by atoms with Crippen LogP contribution in [0, 0.1) is 0 Å². The summed E-state index contributed by atoms with van der Waals surface area (Å²) < 4.78 is 30.8. The highest BCUT2D eigenvalue weighted by atomic mass is 32.2. The summed E-state index contributed by atoms with van der Waals surface area (Å²) in [6, 6.07) is 6.90. The van der Waals surface area contributed by atoms with E-state index in [-0.39, 0.29) is 11.7 Å². The molecule has 7 heteroatoms. The number of sulfonamides is 1. The molecule has 1 fully saturated rings. The molecule has 0 unspecified atom stereocenters. The molecule has 126 valence electrons. The molecule has 0 spiro atoms. The summed E-state index contributed by atoms with van der Waals surface area (Å²) in [5.74, 6) is 0.557. The molecule has 0 aliphatic carbocycles. The van der Waals surface area contributed by atoms with E-state index in [1.54, 1.807) is 43.2 Å². The molecule has 1 aliphatic rings. The van der Waals surface area contributed by atoms with Crippen LogP contribution < -0.4 is 4.74 Å². The van der Waals surface area contributed by atoms with E-state index in [9.17, 15) is 13.2 Å². The summed E-state index contributed by atoms with van der Waals surface area (Å²) in [5.41, 5.74) is 1.19. The molecule has 0 N–H and O–H groups in total. The first kappa shape index (κ1) is 17.5. The van der Waals surface area contributed by atoms with Gasteiger partial charge in [0.15, 0.2) is 0 Å². The van der Waals surface area contributed by atoms with Crippen LogP contribution in [0.15, 0.2) is 36.4 Å². The highest BCUT2D eigenvalue weighted by Crippen LogP contribution is 2.16. The smallest absolute Gasteiger partial charge is 0.253 e. The average Bonchev–Trinajstić information content (AvgIpc) is 2.53. The van der Waals surface area contributed by atoms with Gasteiger partial charge in [0.05, 0.1) is 12.9 Å². The van der Waals surface area contributed by atoms with Crippen molar-refractivity contribution in [3.63, 3.8) is 0 Å². The fraction of sp³-hybridized carbons (Fsp3) is 0.438. The molecule has 0 atom stereocenters. The number of ether oxygens (including phenoxy) is 1. The fourth-order valence-electron chi connectivity index (χ4n) is 2.49. The van der Waals surface area contributed by atoms with E-state index in [1.807, 2.05) is 0 Å². The first-order valence-corrected chi connectivity index (χ1v) is 9.00. The van der Waals surface area contributed by atoms with Crippen LogP contribution in [0.3, 0.4) is 0 Å². The van der Waals surface area contributed by atoms with Gasteiger partial charge in [-0.1, -0.05) is 12.2 Å². The zero-order valence-corrected chi connectivity index (χ0v) is 14.3. The van der Waals surface area contributed by atoms with Gasteiger partial charge in [-0.25, -0.2) is 8.42 Å². The van der Waals surface area contributed by atoms with Crippen molar-refractivity contribution in [1.29, 1.82) is 0 Å². The number of carbonyl (C=O) groups excluding carboxylic acids is 1. The highest BCUT2D eigenvalue weighted by Gasteiger charge is 2.29. The SMILES string of the molecule is C=C(C)CS(=O)(=O)N1CCN(C(=O)c2ccc(OC)cc2)CC1. The van der Waals surface area contributed by atoms with E-state index in [0.717, 1.165) is 0 Å². The second-order valence-electron chi connectivity index (χ2n) is 5.63. The summed E-state index contributed by atoms with van der Waals surface area (Å²) in [6.07, 6.45) is 0. The monoisotopic (exact) mass is 338 g/mol. The van der Waals surface area contributed by atoms with Gasteiger partial charge >= 0.3 is 0 Å². The predicted molar refractivity (Wildman–Crippen MR) is 89.1 cm³/mol. The third-order valence-electron chi connectivity index (χ3n) is 3.69. The molecule has 1 amide bonds. The predicted octanol–water partition coefficient (Wildman–Crippen LogP) is 1.36. The Morgan fingerprint density at radius 3 is 2.22 bits per heavy atom. The maximum atomic E-state index is 12.4. The van der Waals surface area contributed by atoms with Crippen LogP contribution in [0.2, 0.25) is 0 Å². The molecule has 1 aromatic rings. The molecular formula is C16H22N2O4S. The molecule has 1 heterocycles. The molecule has 0 aromatic heterocycles. The number of hydrogen-bond acceptors (Lipinski definition) is 4. The van der Waals surface area contributed by atoms with Crippen molar-refractivity contribution >= 4 is 15.9 Å². The zero-order valence-electron chi connectivity index (χ0n) is 13.5. The van der Waals surface area contributed by atoms with E-state index < -0.39 is 10.0 Å². The molecule has 6 nitrogen and oxygen atoms in total. The second kappa shape index (κ2) is 7.14. The minimum atomic E-state index is -3.33. The lowest BCUT2D eigenvalue weighted by Gasteiger charge is -2.34. The molecule has 1 saturated heterocycles. The van der Waals surface area contributed by atoms with Crippen LogP contribution in [-0.4, -0.2) is 62.6 Å². The van der Waals surface area contributed by atoms with Crippen molar-refractivity contribution < 1.29 is 17.9 Å². The van der Waals surface area contributed by atoms with Gasteiger partial charge in [0.1, 0.15) is 5.75 Å². The van der Waals surface area contributed by atoms with Gasteiger partial charge in [0, 0.05) is 31.7 Å². The van der Waals surface area contributed by atoms with Gasteiger partial charge in [-0.2, -0.15) is 4.31 Å². The Bertz CT molecular complexity index is 675. The summed E-state index contributed by atoms with van der Waals surface area (Å²) in [4.78, 5) is 14.1. The Labute approximate surface area is 137 Å². The van der Waals surface area contributed by atoms with E-state index in [1.165, 1.54) is 4.31 Å². The van der Waals surface area contributed by atoms with Crippen molar-refractivity contribution in [2.45, 2.75) is 6.92 Å². The van der Waals surface area contributed by atoms with Crippen molar-refractivity contribution in [2.75, 3.05) is 39.0 Å². The standard InChI is InChI=1S/C16H22N2O4S/c1-13(2)12-23(20,21)18-10-8-17(9-11-18)16(19)14-4-6-15(22-3)7-5-14/h4-7H,1,8-12H2,2-3H3. The maximum Gasteiger partial charge on any atom is 0.253 e. The van der Waals surface area contributed by atoms with Gasteiger partial charge in [-0.05, 0) is 31.2 Å². The molecule has 1 aromatic carbocycles. The summed E-state index contributed by atoms with van der Waals surface area (Å²) >= 11 is 0. The average molecular weight is 338 g/mol. The Balaban J connectivity index is 1.98. The molecular weight excluding hydrogens is 316 g/mol. The number of hydrogen-bond donors (Lipinski definition) is 0. The first-order valence-electron chi connectivity index (χ1n) is 7.39. The van der Waals surface area contributed by atoms with Crippen LogP contribution in [0.25, 0.3) is 0 Å². The van der Waals surface area contributed by atoms with Crippen LogP contribution >= 0.6 is 0 Å². The van der Waals surface area contributed by atoms with Crippen molar-refractivity contribution in [3.05, 3.63) is 42.0 Å². The molecule has 1 aliphatic heterocycles. The van der Waals surface area contributed by atoms with Gasteiger partial charge < -0.3 is 9.64 Å². The molecule has 0 bridgehead atoms. The summed E-state index contributed by atoms with van der Waals surface area (Å²) in [7, 11) is -1.76. The van der Waals surface area contributed by atoms with Crippen molar-refractivity contribution in [1.82, 2.24) is 9.21 Å². The van der Waals surface area contributed by atoms with Crippen LogP contribution in [0.1, 0.15) is 17.3 Å². The van der Waals surface area contributed by atoms with Crippen molar-refractivity contribution in [2.24, 2.45) is 0 Å². The molecule has 0 radical (unpaired) electrons. The number of carbonyl (C=O) groups is 1. The first-order chi connectivity index (χ1) is 10.8. The van der Waals surface area contributed by atoms with Gasteiger partial charge in [0.2, 0.25) is 10.0 Å². The zero-order chi connectivity index (χ0) is 17.0. The molecule has 23 heavy (non-hydrogen) atoms. The number of nitrogens with zero attached hydrogens (tertiary/aromatic N) is 2. The Morgan fingerprint density at radius 1 is 1.17 bits per heavy atom. The number of methoxy groups -OCH3 is 1. The molecule has 0 saturated carbocycles. The van der Waals surface area contributed by atoms with Crippen LogP contribution in [-0.2, 0) is 10.0 Å². The van der Waals surface area contributed by atoms with Gasteiger partial charge in [-0.3, -0.25) is 4.79 Å². The summed E-state index contributed by atoms with van der Waals surface area (Å²) in [5, 5.41) is 0. The Morgan fingerprint density at radius 2 is 1.74 bits per heavy atom. The lowest BCUT2D eigenvalue weighted by molar-refractivity contribution is 0.0698. The number of benzene rings is 1. The maximum absolute atomic E-state index is 12.4. The normalized spacial score (nSPS) is 16.2. The minimum absolute atomic E-state index is 0.0422. The largest absolute Gasteiger partial charge is 0.497 e. The van der Waals surface area contributed by atoms with Gasteiger partial charge in [0.25, 0.3) is 5.91 Å². The lowest BCUT2D eigenvalue weighted by atomic mass is 10.2. The highest BCUT2D eigenvalue weighted by molar-refractivity contribution is 7.89. The lowest BCUT2D eigenvalue weighted by Crippen LogP contribution is -2.51. The van der Waals surface area contributed by atoms with Crippen LogP contribution in [0.5, 0.6) is 5.75 Å². The number of amides is 1. The third-order valence-corrected chi connectivity index (χ3v) is 5.69. The fourth-order valence-corrected chi connectivity index (χ4v) is 4.01. The molecule has 2 rings (SSSR count). The Kier molecular flexibility index (Phi) is 5.43. The van der Waals surface area contributed by atoms with Crippen molar-refractivity contribution in [3.8, 4) is 5.75 Å². The number of rotatable bonds is 5. The van der Waals surface area contributed by atoms with E-state index in [4.69, 9.17) is 4.74 Å². The van der Waals surface area contributed by atoms with E-state index >= 15 is 0 Å². The van der Waals surface area contributed by atoms with Crippen LogP contribution in [0.4, 0.5) is 0 Å². The topological polar surface area (TPSA) is 66.9 Å². The number of piperazine rings is 1. The quantitative estimate of drug-likeness (QED) is 0.760. The Hall–Kier alpha value is -1.86. The minimum Gasteiger partial charge on any atom is -0.497 e. The summed E-state index contributed by atoms with van der Waals surface area (Å²) in [6.45, 7) is 6.76. The van der Waals surface area contributed by atoms with Gasteiger partial charge in [-0.15, -0.1) is 0 Å². The second-order valence-corrected chi connectivity index (χ2v) is 7.60. The third kappa shape index (κ3) is 4.33. The van der Waals surface area contributed by atoms with E-state index in [2.05, 4.69) is 6.58 Å².